The van der Waals surface area contributed by atoms with Gasteiger partial charge in [0.05, 0.1) is 16.8 Å². The maximum Gasteiger partial charge on any atom is 0.266 e. The van der Waals surface area contributed by atoms with Crippen LogP contribution in [0.4, 0.5) is 10.1 Å². The van der Waals surface area contributed by atoms with Crippen molar-refractivity contribution in [1.82, 2.24) is 0 Å². The second-order valence-corrected chi connectivity index (χ2v) is 5.91. The van der Waals surface area contributed by atoms with Crippen molar-refractivity contribution in [3.63, 3.8) is 0 Å². The van der Waals surface area contributed by atoms with Gasteiger partial charge in [-0.3, -0.25) is 9.59 Å². The summed E-state index contributed by atoms with van der Waals surface area (Å²) in [6, 6.07) is 7.84. The monoisotopic (exact) mass is 347 g/mol. The molecule has 0 fully saturated rings. The number of anilines is 1. The van der Waals surface area contributed by atoms with Gasteiger partial charge in [-0.25, -0.2) is 9.29 Å². The van der Waals surface area contributed by atoms with Gasteiger partial charge in [0.15, 0.2) is 0 Å². The lowest BCUT2D eigenvalue weighted by Gasteiger charge is -2.15. The van der Waals surface area contributed by atoms with E-state index in [1.165, 1.54) is 12.1 Å². The van der Waals surface area contributed by atoms with E-state index < -0.39 is 17.6 Å². The Labute approximate surface area is 129 Å². The van der Waals surface area contributed by atoms with Crippen LogP contribution in [0, 0.1) is 19.7 Å². The van der Waals surface area contributed by atoms with Crippen LogP contribution in [0.5, 0.6) is 0 Å². The number of carbonyl (C=O) groups is 2. The standard InChI is InChI=1S/C16H11BrFNO2/c1-8-3-4-9(2)14-13(8)15(20)19(16(14)21)12-6-5-10(17)7-11(12)18/h3-7H,1-2H3. The van der Waals surface area contributed by atoms with E-state index in [2.05, 4.69) is 15.9 Å². The van der Waals surface area contributed by atoms with Crippen LogP contribution in [0.15, 0.2) is 34.8 Å². The maximum absolute atomic E-state index is 14.1. The van der Waals surface area contributed by atoms with Gasteiger partial charge in [-0.15, -0.1) is 0 Å². The Morgan fingerprint density at radius 2 is 1.48 bits per heavy atom. The Kier molecular flexibility index (Phi) is 3.17. The average molecular weight is 348 g/mol. The van der Waals surface area contributed by atoms with E-state index in [0.29, 0.717) is 26.7 Å². The largest absolute Gasteiger partial charge is 0.268 e. The lowest BCUT2D eigenvalue weighted by atomic mass is 9.99. The summed E-state index contributed by atoms with van der Waals surface area (Å²) in [6.07, 6.45) is 0. The topological polar surface area (TPSA) is 37.4 Å². The molecule has 1 heterocycles. The van der Waals surface area contributed by atoms with Crippen LogP contribution < -0.4 is 4.90 Å². The molecule has 2 amide bonds. The van der Waals surface area contributed by atoms with Crippen molar-refractivity contribution in [1.29, 1.82) is 0 Å². The Morgan fingerprint density at radius 3 is 1.95 bits per heavy atom. The first-order chi connectivity index (χ1) is 9.91. The van der Waals surface area contributed by atoms with Crippen LogP contribution in [0.2, 0.25) is 0 Å². The highest BCUT2D eigenvalue weighted by Gasteiger charge is 2.40. The van der Waals surface area contributed by atoms with Crippen molar-refractivity contribution in [2.45, 2.75) is 13.8 Å². The summed E-state index contributed by atoms with van der Waals surface area (Å²) in [4.78, 5) is 26.0. The van der Waals surface area contributed by atoms with Gasteiger partial charge >= 0.3 is 0 Å². The Bertz CT molecular complexity index is 760. The molecule has 0 saturated heterocycles. The second kappa shape index (κ2) is 4.77. The van der Waals surface area contributed by atoms with Crippen LogP contribution >= 0.6 is 15.9 Å². The van der Waals surface area contributed by atoms with Crippen molar-refractivity contribution in [2.24, 2.45) is 0 Å². The lowest BCUT2D eigenvalue weighted by Crippen LogP contribution is -2.30. The van der Waals surface area contributed by atoms with E-state index in [1.807, 2.05) is 0 Å². The number of halogens is 2. The number of amides is 2. The predicted molar refractivity (Wildman–Crippen MR) is 81.2 cm³/mol. The molecule has 21 heavy (non-hydrogen) atoms. The van der Waals surface area contributed by atoms with Gasteiger partial charge in [-0.2, -0.15) is 0 Å². The number of imide groups is 1. The molecular weight excluding hydrogens is 337 g/mol. The summed E-state index contributed by atoms with van der Waals surface area (Å²) in [7, 11) is 0. The van der Waals surface area contributed by atoms with Gasteiger partial charge in [0, 0.05) is 4.47 Å². The smallest absolute Gasteiger partial charge is 0.266 e. The number of benzene rings is 2. The molecule has 0 saturated carbocycles. The van der Waals surface area contributed by atoms with E-state index in [4.69, 9.17) is 0 Å². The lowest BCUT2D eigenvalue weighted by molar-refractivity contribution is 0.0924. The molecule has 0 aliphatic carbocycles. The van der Waals surface area contributed by atoms with Crippen molar-refractivity contribution in [3.05, 3.63) is 62.9 Å². The van der Waals surface area contributed by atoms with Crippen LogP contribution in [-0.2, 0) is 0 Å². The first-order valence-electron chi connectivity index (χ1n) is 6.36. The number of carbonyl (C=O) groups excluding carboxylic acids is 2. The zero-order valence-electron chi connectivity index (χ0n) is 11.4. The summed E-state index contributed by atoms with van der Waals surface area (Å²) < 4.78 is 14.6. The number of aryl methyl sites for hydroxylation is 2. The van der Waals surface area contributed by atoms with Gasteiger partial charge in [0.1, 0.15) is 5.82 Å². The van der Waals surface area contributed by atoms with Gasteiger partial charge in [0.2, 0.25) is 0 Å². The minimum absolute atomic E-state index is 0.0248. The van der Waals surface area contributed by atoms with Crippen LogP contribution in [-0.4, -0.2) is 11.8 Å². The summed E-state index contributed by atoms with van der Waals surface area (Å²) in [5.41, 5.74) is 2.13. The van der Waals surface area contributed by atoms with Crippen LogP contribution in [0.3, 0.4) is 0 Å². The SMILES string of the molecule is Cc1ccc(C)c2c1C(=O)N(c1ccc(Br)cc1F)C2=O. The molecule has 0 N–H and O–H groups in total. The van der Waals surface area contributed by atoms with Gasteiger partial charge < -0.3 is 0 Å². The maximum atomic E-state index is 14.1. The molecule has 0 aromatic heterocycles. The molecule has 3 nitrogen and oxygen atoms in total. The fourth-order valence-electron chi connectivity index (χ4n) is 2.56. The Hall–Kier alpha value is -2.01. The summed E-state index contributed by atoms with van der Waals surface area (Å²) in [5.74, 6) is -1.57. The molecule has 0 atom stereocenters. The third-order valence-electron chi connectivity index (χ3n) is 3.61. The molecule has 106 valence electrons. The van der Waals surface area contributed by atoms with Crippen molar-refractivity contribution < 1.29 is 14.0 Å². The highest BCUT2D eigenvalue weighted by atomic mass is 79.9. The molecule has 0 spiro atoms. The quantitative estimate of drug-likeness (QED) is 0.731. The first kappa shape index (κ1) is 13.9. The van der Waals surface area contributed by atoms with E-state index in [-0.39, 0.29) is 5.69 Å². The highest BCUT2D eigenvalue weighted by molar-refractivity contribution is 9.10. The number of hydrogen-bond donors (Lipinski definition) is 0. The third kappa shape index (κ3) is 2.00. The number of hydrogen-bond acceptors (Lipinski definition) is 2. The third-order valence-corrected chi connectivity index (χ3v) is 4.10. The summed E-state index contributed by atoms with van der Waals surface area (Å²) in [5, 5.41) is 0. The first-order valence-corrected chi connectivity index (χ1v) is 7.15. The van der Waals surface area contributed by atoms with Gasteiger partial charge in [-0.05, 0) is 43.2 Å². The number of fused-ring (bicyclic) bond motifs is 1. The normalized spacial score (nSPS) is 13.8. The van der Waals surface area contributed by atoms with E-state index in [1.54, 1.807) is 32.0 Å². The van der Waals surface area contributed by atoms with Crippen molar-refractivity contribution in [2.75, 3.05) is 4.90 Å². The fourth-order valence-corrected chi connectivity index (χ4v) is 2.89. The molecule has 1 aliphatic rings. The van der Waals surface area contributed by atoms with Gasteiger partial charge in [0.25, 0.3) is 11.8 Å². The average Bonchev–Trinajstić information content (AvgIpc) is 2.68. The molecule has 0 radical (unpaired) electrons. The second-order valence-electron chi connectivity index (χ2n) is 4.99. The van der Waals surface area contributed by atoms with E-state index >= 15 is 0 Å². The molecular formula is C16H11BrFNO2. The molecule has 5 heteroatoms. The summed E-state index contributed by atoms with van der Waals surface area (Å²) in [6.45, 7) is 3.54. The fraction of sp³-hybridized carbons (Fsp3) is 0.125. The molecule has 0 unspecified atom stereocenters. The summed E-state index contributed by atoms with van der Waals surface area (Å²) >= 11 is 3.16. The molecule has 0 bridgehead atoms. The van der Waals surface area contributed by atoms with Crippen molar-refractivity contribution in [3.8, 4) is 0 Å². The van der Waals surface area contributed by atoms with Gasteiger partial charge in [-0.1, -0.05) is 28.1 Å². The minimum Gasteiger partial charge on any atom is -0.268 e. The Morgan fingerprint density at radius 1 is 0.952 bits per heavy atom. The van der Waals surface area contributed by atoms with E-state index in [9.17, 15) is 14.0 Å². The molecule has 2 aromatic rings. The minimum atomic E-state index is -0.616. The molecule has 1 aliphatic heterocycles. The van der Waals surface area contributed by atoms with Crippen LogP contribution in [0.25, 0.3) is 0 Å². The highest BCUT2D eigenvalue weighted by Crippen LogP contribution is 2.34. The van der Waals surface area contributed by atoms with E-state index in [0.717, 1.165) is 4.90 Å². The molecule has 2 aromatic carbocycles. The predicted octanol–water partition coefficient (Wildman–Crippen LogP) is 4.01. The Balaban J connectivity index is 2.21. The number of nitrogens with zero attached hydrogens (tertiary/aromatic N) is 1. The number of rotatable bonds is 1. The van der Waals surface area contributed by atoms with Crippen molar-refractivity contribution >= 4 is 33.4 Å². The zero-order valence-corrected chi connectivity index (χ0v) is 13.0. The molecule has 3 rings (SSSR count). The zero-order chi connectivity index (χ0) is 15.3. The van der Waals surface area contributed by atoms with Crippen LogP contribution in [0.1, 0.15) is 31.8 Å².